The van der Waals surface area contributed by atoms with Gasteiger partial charge in [0.25, 0.3) is 0 Å². The molecule has 0 unspecified atom stereocenters. The molecule has 0 aromatic heterocycles. The summed E-state index contributed by atoms with van der Waals surface area (Å²) in [4.78, 5) is 19.6. The van der Waals surface area contributed by atoms with Crippen molar-refractivity contribution in [3.05, 3.63) is 48.0 Å². The fraction of sp³-hybridized carbons (Fsp3) is 0.391. The van der Waals surface area contributed by atoms with E-state index in [2.05, 4.69) is 10.2 Å². The second-order valence-corrected chi connectivity index (χ2v) is 7.91. The van der Waals surface area contributed by atoms with E-state index in [4.69, 9.17) is 9.73 Å². The highest BCUT2D eigenvalue weighted by Crippen LogP contribution is 2.39. The maximum Gasteiger partial charge on any atom is 0.224 e. The first-order valence-electron chi connectivity index (χ1n) is 10.1. The predicted octanol–water partition coefficient (Wildman–Crippen LogP) is 5.34. The maximum absolute atomic E-state index is 12.2. The molecule has 0 spiro atoms. The number of nitrogens with zero attached hydrogens (tertiary/aromatic N) is 2. The number of amides is 1. The Balaban J connectivity index is 1.73. The van der Waals surface area contributed by atoms with Gasteiger partial charge >= 0.3 is 0 Å². The monoisotopic (exact) mass is 377 g/mol. The first-order chi connectivity index (χ1) is 13.6. The summed E-state index contributed by atoms with van der Waals surface area (Å²) in [5, 5.41) is 3.02. The molecule has 1 N–H and O–H groups in total. The van der Waals surface area contributed by atoms with Crippen LogP contribution in [-0.2, 0) is 4.79 Å². The van der Waals surface area contributed by atoms with Gasteiger partial charge in [0.2, 0.25) is 5.91 Å². The van der Waals surface area contributed by atoms with Crippen molar-refractivity contribution >= 4 is 23.1 Å². The molecule has 4 rings (SSSR count). The predicted molar refractivity (Wildman–Crippen MR) is 113 cm³/mol. The molecule has 0 radical (unpaired) electrons. The number of hydrogen-bond acceptors (Lipinski definition) is 4. The molecular weight excluding hydrogens is 350 g/mol. The summed E-state index contributed by atoms with van der Waals surface area (Å²) >= 11 is 0. The van der Waals surface area contributed by atoms with Gasteiger partial charge in [0.05, 0.1) is 5.56 Å². The molecule has 2 aliphatic heterocycles. The van der Waals surface area contributed by atoms with E-state index in [0.717, 1.165) is 47.4 Å². The Bertz CT molecular complexity index is 898. The fourth-order valence-corrected chi connectivity index (χ4v) is 3.73. The van der Waals surface area contributed by atoms with Crippen LogP contribution in [0.15, 0.2) is 47.5 Å². The highest BCUT2D eigenvalue weighted by Gasteiger charge is 2.24. The number of hydrogen-bond donors (Lipinski definition) is 1. The summed E-state index contributed by atoms with van der Waals surface area (Å²) in [5.74, 6) is 2.82. The van der Waals surface area contributed by atoms with Gasteiger partial charge in [-0.1, -0.05) is 26.0 Å². The van der Waals surface area contributed by atoms with E-state index in [1.165, 1.54) is 19.3 Å². The standard InChI is InChI=1S/C23H27N3O2/c1-16(2)14-22(27)24-17-10-11-20-18(15-17)23(26-12-6-3-7-13-26)25-19-8-4-5-9-21(19)28-20/h4-5,8-11,15-16H,3,6-7,12-14H2,1-2H3,(H,24,27). The van der Waals surface area contributed by atoms with Gasteiger partial charge in [-0.05, 0) is 55.5 Å². The molecule has 146 valence electrons. The van der Waals surface area contributed by atoms with E-state index < -0.39 is 0 Å². The van der Waals surface area contributed by atoms with E-state index in [-0.39, 0.29) is 5.91 Å². The second kappa shape index (κ2) is 8.05. The average Bonchev–Trinajstić information content (AvgIpc) is 2.84. The molecule has 0 atom stereocenters. The van der Waals surface area contributed by atoms with Gasteiger partial charge in [0.1, 0.15) is 17.3 Å². The van der Waals surface area contributed by atoms with Crippen molar-refractivity contribution in [3.8, 4) is 11.5 Å². The van der Waals surface area contributed by atoms with Gasteiger partial charge in [0.15, 0.2) is 5.75 Å². The highest BCUT2D eigenvalue weighted by atomic mass is 16.5. The van der Waals surface area contributed by atoms with E-state index in [1.54, 1.807) is 0 Å². The highest BCUT2D eigenvalue weighted by molar-refractivity contribution is 6.05. The number of piperidine rings is 1. The van der Waals surface area contributed by atoms with Crippen LogP contribution in [0.25, 0.3) is 0 Å². The molecule has 28 heavy (non-hydrogen) atoms. The zero-order valence-corrected chi connectivity index (χ0v) is 16.6. The summed E-state index contributed by atoms with van der Waals surface area (Å²) in [6.07, 6.45) is 4.10. The smallest absolute Gasteiger partial charge is 0.224 e. The zero-order chi connectivity index (χ0) is 19.5. The van der Waals surface area contributed by atoms with Crippen LogP contribution in [0.5, 0.6) is 11.5 Å². The third kappa shape index (κ3) is 4.03. The van der Waals surface area contributed by atoms with Crippen molar-refractivity contribution in [1.29, 1.82) is 0 Å². The van der Waals surface area contributed by atoms with Crippen molar-refractivity contribution < 1.29 is 9.53 Å². The molecule has 2 heterocycles. The lowest BCUT2D eigenvalue weighted by atomic mass is 10.1. The molecule has 5 nitrogen and oxygen atoms in total. The Morgan fingerprint density at radius 2 is 1.89 bits per heavy atom. The molecule has 0 saturated carbocycles. The first-order valence-corrected chi connectivity index (χ1v) is 10.1. The van der Waals surface area contributed by atoms with Crippen LogP contribution in [0.2, 0.25) is 0 Å². The lowest BCUT2D eigenvalue weighted by Crippen LogP contribution is -2.36. The largest absolute Gasteiger partial charge is 0.454 e. The number of benzene rings is 2. The number of fused-ring (bicyclic) bond motifs is 2. The average molecular weight is 377 g/mol. The summed E-state index contributed by atoms with van der Waals surface area (Å²) in [7, 11) is 0. The maximum atomic E-state index is 12.2. The number of nitrogens with one attached hydrogen (secondary N) is 1. The van der Waals surface area contributed by atoms with Crippen molar-refractivity contribution in [3.63, 3.8) is 0 Å². The molecule has 0 bridgehead atoms. The zero-order valence-electron chi connectivity index (χ0n) is 16.6. The summed E-state index contributed by atoms with van der Waals surface area (Å²) < 4.78 is 6.19. The Morgan fingerprint density at radius 3 is 2.68 bits per heavy atom. The SMILES string of the molecule is CC(C)CC(=O)Nc1ccc2c(c1)C(N1CCCCC1)=Nc1ccccc1O2. The molecule has 2 aliphatic rings. The third-order valence-electron chi connectivity index (χ3n) is 5.06. The summed E-state index contributed by atoms with van der Waals surface area (Å²) in [5.41, 5.74) is 2.55. The van der Waals surface area contributed by atoms with Crippen LogP contribution in [0.3, 0.4) is 0 Å². The Kier molecular flexibility index (Phi) is 5.33. The molecule has 1 saturated heterocycles. The summed E-state index contributed by atoms with van der Waals surface area (Å²) in [6, 6.07) is 13.7. The van der Waals surface area contributed by atoms with Crippen molar-refractivity contribution in [2.75, 3.05) is 18.4 Å². The van der Waals surface area contributed by atoms with Gasteiger partial charge in [-0.2, -0.15) is 0 Å². The molecule has 1 fully saturated rings. The molecular formula is C23H27N3O2. The normalized spacial score (nSPS) is 15.8. The van der Waals surface area contributed by atoms with Gasteiger partial charge in [-0.25, -0.2) is 4.99 Å². The number of amidine groups is 1. The van der Waals surface area contributed by atoms with Crippen molar-refractivity contribution in [1.82, 2.24) is 4.90 Å². The van der Waals surface area contributed by atoms with Crippen molar-refractivity contribution in [2.24, 2.45) is 10.9 Å². The number of likely N-dealkylation sites (tertiary alicyclic amines) is 1. The third-order valence-corrected chi connectivity index (χ3v) is 5.06. The number of aliphatic imine (C=N–C) groups is 1. The van der Waals surface area contributed by atoms with Gasteiger partial charge in [-0.3, -0.25) is 4.79 Å². The Hall–Kier alpha value is -2.82. The van der Waals surface area contributed by atoms with Crippen LogP contribution in [0, 0.1) is 5.92 Å². The van der Waals surface area contributed by atoms with Crippen LogP contribution >= 0.6 is 0 Å². The van der Waals surface area contributed by atoms with Gasteiger partial charge in [0, 0.05) is 25.2 Å². The first kappa shape index (κ1) is 18.5. The van der Waals surface area contributed by atoms with E-state index in [1.807, 2.05) is 56.3 Å². The number of ether oxygens (including phenoxy) is 1. The molecule has 1 amide bonds. The lowest BCUT2D eigenvalue weighted by Gasteiger charge is -2.30. The van der Waals surface area contributed by atoms with Gasteiger partial charge < -0.3 is 15.0 Å². The molecule has 0 aliphatic carbocycles. The van der Waals surface area contributed by atoms with Gasteiger partial charge in [-0.15, -0.1) is 0 Å². The number of anilines is 1. The fourth-order valence-electron chi connectivity index (χ4n) is 3.73. The van der Waals surface area contributed by atoms with E-state index in [9.17, 15) is 4.79 Å². The van der Waals surface area contributed by atoms with Crippen LogP contribution < -0.4 is 10.1 Å². The Morgan fingerprint density at radius 1 is 1.11 bits per heavy atom. The summed E-state index contributed by atoms with van der Waals surface area (Å²) in [6.45, 7) is 6.07. The van der Waals surface area contributed by atoms with E-state index in [0.29, 0.717) is 12.3 Å². The minimum Gasteiger partial charge on any atom is -0.454 e. The number of carbonyl (C=O) groups excluding carboxylic acids is 1. The van der Waals surface area contributed by atoms with Crippen LogP contribution in [0.4, 0.5) is 11.4 Å². The minimum atomic E-state index is 0.0317. The van der Waals surface area contributed by atoms with Crippen LogP contribution in [0.1, 0.15) is 45.1 Å². The number of para-hydroxylation sites is 2. The van der Waals surface area contributed by atoms with E-state index >= 15 is 0 Å². The lowest BCUT2D eigenvalue weighted by molar-refractivity contribution is -0.116. The minimum absolute atomic E-state index is 0.0317. The molecule has 2 aromatic rings. The second-order valence-electron chi connectivity index (χ2n) is 7.91. The number of rotatable bonds is 3. The van der Waals surface area contributed by atoms with Crippen LogP contribution in [-0.4, -0.2) is 29.7 Å². The topological polar surface area (TPSA) is 53.9 Å². The molecule has 2 aromatic carbocycles. The molecule has 5 heteroatoms. The Labute approximate surface area is 166 Å². The quantitative estimate of drug-likeness (QED) is 0.785. The van der Waals surface area contributed by atoms with Crippen molar-refractivity contribution in [2.45, 2.75) is 39.5 Å². The number of carbonyl (C=O) groups is 1.